The number of rotatable bonds is 6. The number of nitrogens with one attached hydrogen (secondary N) is 1. The molecule has 0 amide bonds. The molecule has 0 radical (unpaired) electrons. The van der Waals surface area contributed by atoms with Gasteiger partial charge in [-0.05, 0) is 43.4 Å². The van der Waals surface area contributed by atoms with Crippen molar-refractivity contribution in [1.82, 2.24) is 4.90 Å². The van der Waals surface area contributed by atoms with E-state index in [1.807, 2.05) is 0 Å². The van der Waals surface area contributed by atoms with Crippen molar-refractivity contribution in [3.8, 4) is 0 Å². The van der Waals surface area contributed by atoms with Gasteiger partial charge in [0.2, 0.25) is 0 Å². The average molecular weight is 244 g/mol. The fourth-order valence-electron chi connectivity index (χ4n) is 3.07. The monoisotopic (exact) mass is 244 g/mol. The molecule has 2 nitrogen and oxygen atoms in total. The van der Waals surface area contributed by atoms with Crippen molar-refractivity contribution in [2.24, 2.45) is 5.92 Å². The molecule has 0 bridgehead atoms. The van der Waals surface area contributed by atoms with Gasteiger partial charge in [-0.2, -0.15) is 0 Å². The van der Waals surface area contributed by atoms with Gasteiger partial charge in [-0.3, -0.25) is 0 Å². The van der Waals surface area contributed by atoms with Crippen LogP contribution in [-0.4, -0.2) is 31.1 Å². The third kappa shape index (κ3) is 2.69. The maximum absolute atomic E-state index is 3.54. The van der Waals surface area contributed by atoms with Gasteiger partial charge >= 0.3 is 0 Å². The average Bonchev–Trinajstić information content (AvgIpc) is 3.11. The number of anilines is 1. The van der Waals surface area contributed by atoms with E-state index in [0.717, 1.165) is 12.5 Å². The lowest BCUT2D eigenvalue weighted by Crippen LogP contribution is -2.32. The maximum atomic E-state index is 3.54. The molecule has 3 rings (SSSR count). The molecule has 0 aromatic heterocycles. The number of nitrogens with zero attached hydrogens (tertiary/aromatic N) is 1. The first-order valence-corrected chi connectivity index (χ1v) is 7.42. The molecule has 0 saturated heterocycles. The molecule has 2 aliphatic rings. The molecule has 1 unspecified atom stereocenters. The third-order valence-corrected chi connectivity index (χ3v) is 4.17. The summed E-state index contributed by atoms with van der Waals surface area (Å²) in [6.45, 7) is 7.22. The maximum Gasteiger partial charge on any atom is 0.0376 e. The van der Waals surface area contributed by atoms with Crippen LogP contribution in [0.3, 0.4) is 0 Å². The molecule has 1 N–H and O–H groups in total. The first-order chi connectivity index (χ1) is 8.86. The molecule has 1 heterocycles. The summed E-state index contributed by atoms with van der Waals surface area (Å²) < 4.78 is 0. The van der Waals surface area contributed by atoms with Crippen molar-refractivity contribution in [3.05, 3.63) is 29.8 Å². The summed E-state index contributed by atoms with van der Waals surface area (Å²) in [5.74, 6) is 1.69. The quantitative estimate of drug-likeness (QED) is 0.826. The summed E-state index contributed by atoms with van der Waals surface area (Å²) in [5.41, 5.74) is 2.87. The summed E-state index contributed by atoms with van der Waals surface area (Å²) in [6, 6.07) is 8.80. The van der Waals surface area contributed by atoms with Crippen LogP contribution in [0.4, 0.5) is 5.69 Å². The summed E-state index contributed by atoms with van der Waals surface area (Å²) in [5, 5.41) is 3.54. The van der Waals surface area contributed by atoms with Gasteiger partial charge < -0.3 is 10.2 Å². The van der Waals surface area contributed by atoms with Crippen LogP contribution < -0.4 is 5.32 Å². The highest BCUT2D eigenvalue weighted by Gasteiger charge is 2.28. The smallest absolute Gasteiger partial charge is 0.0376 e. The summed E-state index contributed by atoms with van der Waals surface area (Å²) in [7, 11) is 0. The minimum Gasteiger partial charge on any atom is -0.384 e. The van der Waals surface area contributed by atoms with Gasteiger partial charge in [-0.15, -0.1) is 0 Å². The van der Waals surface area contributed by atoms with Gasteiger partial charge in [0, 0.05) is 31.2 Å². The van der Waals surface area contributed by atoms with E-state index in [1.165, 1.54) is 50.1 Å². The second kappa shape index (κ2) is 5.31. The Bertz CT molecular complexity index is 398. The van der Waals surface area contributed by atoms with E-state index in [2.05, 4.69) is 41.4 Å². The summed E-state index contributed by atoms with van der Waals surface area (Å²) in [4.78, 5) is 2.69. The number of hydrogen-bond acceptors (Lipinski definition) is 2. The first kappa shape index (κ1) is 12.0. The summed E-state index contributed by atoms with van der Waals surface area (Å²) in [6.07, 6.45) is 4.19. The summed E-state index contributed by atoms with van der Waals surface area (Å²) >= 11 is 0. The van der Waals surface area contributed by atoms with Crippen LogP contribution in [-0.2, 0) is 0 Å². The minimum atomic E-state index is 0.687. The lowest BCUT2D eigenvalue weighted by atomic mass is 10.0. The molecule has 0 spiro atoms. The van der Waals surface area contributed by atoms with Crippen LogP contribution >= 0.6 is 0 Å². The van der Waals surface area contributed by atoms with E-state index >= 15 is 0 Å². The van der Waals surface area contributed by atoms with Gasteiger partial charge in [0.25, 0.3) is 0 Å². The second-order valence-electron chi connectivity index (χ2n) is 5.87. The molecule has 1 aromatic carbocycles. The molecule has 1 atom stereocenters. The van der Waals surface area contributed by atoms with Crippen LogP contribution in [0.2, 0.25) is 0 Å². The van der Waals surface area contributed by atoms with Crippen LogP contribution in [0, 0.1) is 5.92 Å². The Kier molecular flexibility index (Phi) is 3.55. The minimum absolute atomic E-state index is 0.687. The van der Waals surface area contributed by atoms with Gasteiger partial charge in [0.15, 0.2) is 0 Å². The Morgan fingerprint density at radius 1 is 1.22 bits per heavy atom. The fraction of sp³-hybridized carbons (Fsp3) is 0.625. The van der Waals surface area contributed by atoms with Crippen molar-refractivity contribution in [2.75, 3.05) is 31.5 Å². The van der Waals surface area contributed by atoms with E-state index in [-0.39, 0.29) is 0 Å². The molecule has 1 fully saturated rings. The molecule has 98 valence electrons. The van der Waals surface area contributed by atoms with Gasteiger partial charge in [-0.25, -0.2) is 0 Å². The Morgan fingerprint density at radius 2 is 2.06 bits per heavy atom. The molecular weight excluding hydrogens is 220 g/mol. The van der Waals surface area contributed by atoms with E-state index in [9.17, 15) is 0 Å². The van der Waals surface area contributed by atoms with E-state index in [0.29, 0.717) is 5.92 Å². The fourth-order valence-corrected chi connectivity index (χ4v) is 3.07. The van der Waals surface area contributed by atoms with Crippen molar-refractivity contribution >= 4 is 5.69 Å². The molecule has 1 saturated carbocycles. The zero-order chi connectivity index (χ0) is 12.4. The zero-order valence-electron chi connectivity index (χ0n) is 11.4. The lowest BCUT2D eigenvalue weighted by Gasteiger charge is -2.25. The highest BCUT2D eigenvalue weighted by molar-refractivity contribution is 5.57. The Balaban J connectivity index is 1.64. The number of hydrogen-bond donors (Lipinski definition) is 1. The van der Waals surface area contributed by atoms with Crippen LogP contribution in [0.15, 0.2) is 24.3 Å². The Morgan fingerprint density at radius 3 is 2.83 bits per heavy atom. The lowest BCUT2D eigenvalue weighted by molar-refractivity contribution is 0.251. The highest BCUT2D eigenvalue weighted by Crippen LogP contribution is 2.34. The van der Waals surface area contributed by atoms with Gasteiger partial charge in [0.1, 0.15) is 0 Å². The van der Waals surface area contributed by atoms with Crippen molar-refractivity contribution < 1.29 is 0 Å². The Labute approximate surface area is 110 Å². The standard InChI is InChI=1S/C16H24N2/c1-2-9-18(11-13-7-8-13)12-14-10-17-16-6-4-3-5-15(14)16/h3-6,13-14,17H,2,7-12H2,1H3. The second-order valence-corrected chi connectivity index (χ2v) is 5.87. The Hall–Kier alpha value is -1.02. The SMILES string of the molecule is CCCN(CC1CC1)CC1CNc2ccccc21. The number of benzene rings is 1. The number of para-hydroxylation sites is 1. The molecule has 1 aliphatic heterocycles. The first-order valence-electron chi connectivity index (χ1n) is 7.42. The van der Waals surface area contributed by atoms with Crippen molar-refractivity contribution in [1.29, 1.82) is 0 Å². The van der Waals surface area contributed by atoms with Crippen molar-refractivity contribution in [3.63, 3.8) is 0 Å². The van der Waals surface area contributed by atoms with E-state index < -0.39 is 0 Å². The molecule has 18 heavy (non-hydrogen) atoms. The van der Waals surface area contributed by atoms with E-state index in [4.69, 9.17) is 0 Å². The predicted octanol–water partition coefficient (Wildman–Crippen LogP) is 3.32. The highest BCUT2D eigenvalue weighted by atomic mass is 15.1. The van der Waals surface area contributed by atoms with E-state index in [1.54, 1.807) is 0 Å². The third-order valence-electron chi connectivity index (χ3n) is 4.17. The zero-order valence-corrected chi connectivity index (χ0v) is 11.4. The van der Waals surface area contributed by atoms with Crippen molar-refractivity contribution in [2.45, 2.75) is 32.1 Å². The molecule has 1 aliphatic carbocycles. The molecular formula is C16H24N2. The largest absolute Gasteiger partial charge is 0.384 e. The van der Waals surface area contributed by atoms with Gasteiger partial charge in [0.05, 0.1) is 0 Å². The predicted molar refractivity (Wildman–Crippen MR) is 77.1 cm³/mol. The van der Waals surface area contributed by atoms with Gasteiger partial charge in [-0.1, -0.05) is 25.1 Å². The topological polar surface area (TPSA) is 15.3 Å². The molecule has 1 aromatic rings. The normalized spacial score (nSPS) is 22.0. The number of fused-ring (bicyclic) bond motifs is 1. The molecule has 2 heteroatoms. The van der Waals surface area contributed by atoms with Crippen LogP contribution in [0.1, 0.15) is 37.7 Å². The van der Waals surface area contributed by atoms with Crippen LogP contribution in [0.5, 0.6) is 0 Å². The van der Waals surface area contributed by atoms with Crippen LogP contribution in [0.25, 0.3) is 0 Å².